The van der Waals surface area contributed by atoms with Crippen LogP contribution in [-0.4, -0.2) is 0 Å². The van der Waals surface area contributed by atoms with Gasteiger partial charge in [0.25, 0.3) is 0 Å². The van der Waals surface area contributed by atoms with E-state index >= 15 is 0 Å². The molecule has 0 bridgehead atoms. The molecule has 0 aromatic heterocycles. The van der Waals surface area contributed by atoms with E-state index in [1.165, 1.54) is 143 Å². The Balaban J connectivity index is 1.13. The molecule has 32 heavy (non-hydrogen) atoms. The second kappa shape index (κ2) is 15.3. The van der Waals surface area contributed by atoms with Gasteiger partial charge in [-0.25, -0.2) is 0 Å². The highest BCUT2D eigenvalue weighted by molar-refractivity contribution is 5.77. The molecule has 0 heterocycles. The maximum absolute atomic E-state index is 2.47. The Hall–Kier alpha value is -1.56. The van der Waals surface area contributed by atoms with Crippen molar-refractivity contribution < 1.29 is 0 Å². The highest BCUT2D eigenvalue weighted by Gasteiger charge is 2.17. The van der Waals surface area contributed by atoms with Crippen molar-refractivity contribution in [3.63, 3.8) is 0 Å². The van der Waals surface area contributed by atoms with Crippen molar-refractivity contribution in [1.29, 1.82) is 0 Å². The van der Waals surface area contributed by atoms with Gasteiger partial charge in [-0.3, -0.25) is 0 Å². The fourth-order valence-electron chi connectivity index (χ4n) is 5.38. The maximum Gasteiger partial charge on any atom is -0.00135 e. The van der Waals surface area contributed by atoms with Crippen molar-refractivity contribution in [2.24, 2.45) is 0 Å². The molecule has 0 unspecified atom stereocenters. The van der Waals surface area contributed by atoms with Crippen LogP contribution in [0, 0.1) is 0 Å². The summed E-state index contributed by atoms with van der Waals surface area (Å²) < 4.78 is 0. The van der Waals surface area contributed by atoms with Crippen LogP contribution in [0.3, 0.4) is 0 Å². The number of hydrogen-bond acceptors (Lipinski definition) is 0. The van der Waals surface area contributed by atoms with Crippen molar-refractivity contribution in [3.8, 4) is 11.1 Å². The third-order valence-electron chi connectivity index (χ3n) is 7.43. The van der Waals surface area contributed by atoms with Crippen LogP contribution in [0.15, 0.2) is 42.5 Å². The highest BCUT2D eigenvalue weighted by atomic mass is 14.2. The third kappa shape index (κ3) is 8.76. The zero-order valence-corrected chi connectivity index (χ0v) is 21.0. The quantitative estimate of drug-likeness (QED) is 0.175. The molecule has 0 heteroatoms. The Morgan fingerprint density at radius 2 is 1.00 bits per heavy atom. The van der Waals surface area contributed by atoms with Crippen molar-refractivity contribution in [3.05, 3.63) is 59.2 Å². The molecule has 0 fully saturated rings. The van der Waals surface area contributed by atoms with Gasteiger partial charge in [0.05, 0.1) is 0 Å². The standard InChI is InChI=1S/C32H48/c1-2-3-4-5-6-7-8-9-10-11-12-13-14-15-16-17-18-21-28-24-25-30-27-29-22-19-20-23-31(29)32(30)26-28/h19-20,22-26H,2-18,21,27H2,1H3. The van der Waals surface area contributed by atoms with E-state index in [1.54, 1.807) is 0 Å². The van der Waals surface area contributed by atoms with E-state index in [-0.39, 0.29) is 0 Å². The van der Waals surface area contributed by atoms with Crippen molar-refractivity contribution >= 4 is 0 Å². The Morgan fingerprint density at radius 3 is 1.59 bits per heavy atom. The fraction of sp³-hybridized carbons (Fsp3) is 0.625. The molecule has 0 saturated carbocycles. The first kappa shape index (κ1) is 25.1. The second-order valence-corrected chi connectivity index (χ2v) is 10.2. The first-order valence-corrected chi connectivity index (χ1v) is 14.1. The molecule has 0 saturated heterocycles. The minimum Gasteiger partial charge on any atom is -0.0654 e. The molecule has 1 aliphatic carbocycles. The van der Waals surface area contributed by atoms with Crippen LogP contribution in [0.4, 0.5) is 0 Å². The van der Waals surface area contributed by atoms with Crippen molar-refractivity contribution in [2.75, 3.05) is 0 Å². The number of benzene rings is 2. The molecule has 1 aliphatic rings. The van der Waals surface area contributed by atoms with Gasteiger partial charge in [0.15, 0.2) is 0 Å². The van der Waals surface area contributed by atoms with Crippen molar-refractivity contribution in [2.45, 2.75) is 129 Å². The first-order valence-electron chi connectivity index (χ1n) is 14.1. The molecule has 0 atom stereocenters. The molecule has 0 nitrogen and oxygen atoms in total. The number of rotatable bonds is 18. The van der Waals surface area contributed by atoms with Gasteiger partial charge in [-0.1, -0.05) is 152 Å². The van der Waals surface area contributed by atoms with Crippen LogP contribution in [0.25, 0.3) is 11.1 Å². The molecule has 0 aliphatic heterocycles. The van der Waals surface area contributed by atoms with Crippen molar-refractivity contribution in [1.82, 2.24) is 0 Å². The monoisotopic (exact) mass is 432 g/mol. The molecule has 2 aromatic carbocycles. The minimum absolute atomic E-state index is 1.12. The Morgan fingerprint density at radius 1 is 0.500 bits per heavy atom. The molecular weight excluding hydrogens is 384 g/mol. The maximum atomic E-state index is 2.47. The minimum atomic E-state index is 1.12. The van der Waals surface area contributed by atoms with Crippen LogP contribution in [0.5, 0.6) is 0 Å². The summed E-state index contributed by atoms with van der Waals surface area (Å²) in [6, 6.07) is 16.1. The van der Waals surface area contributed by atoms with Gasteiger partial charge in [-0.15, -0.1) is 0 Å². The summed E-state index contributed by atoms with van der Waals surface area (Å²) >= 11 is 0. The van der Waals surface area contributed by atoms with Gasteiger partial charge in [-0.2, -0.15) is 0 Å². The molecule has 0 radical (unpaired) electrons. The predicted molar refractivity (Wildman–Crippen MR) is 143 cm³/mol. The topological polar surface area (TPSA) is 0 Å². The van der Waals surface area contributed by atoms with Crippen LogP contribution in [0.1, 0.15) is 133 Å². The molecule has 3 rings (SSSR count). The van der Waals surface area contributed by atoms with E-state index in [1.807, 2.05) is 0 Å². The van der Waals surface area contributed by atoms with Crippen LogP contribution in [0.2, 0.25) is 0 Å². The molecule has 0 N–H and O–H groups in total. The van der Waals surface area contributed by atoms with E-state index in [2.05, 4.69) is 49.4 Å². The molecule has 0 spiro atoms. The van der Waals surface area contributed by atoms with E-state index in [0.717, 1.165) is 6.42 Å². The Bertz CT molecular complexity index is 756. The van der Waals surface area contributed by atoms with Gasteiger partial charge in [-0.05, 0) is 47.1 Å². The number of hydrogen-bond donors (Lipinski definition) is 0. The summed E-state index contributed by atoms with van der Waals surface area (Å²) in [5.74, 6) is 0. The fourth-order valence-corrected chi connectivity index (χ4v) is 5.38. The molecule has 0 amide bonds. The van der Waals surface area contributed by atoms with Gasteiger partial charge in [0, 0.05) is 0 Å². The molecule has 176 valence electrons. The summed E-state index contributed by atoms with van der Waals surface area (Å²) in [7, 11) is 0. The average molecular weight is 433 g/mol. The summed E-state index contributed by atoms with van der Waals surface area (Å²) in [5.41, 5.74) is 7.49. The summed E-state index contributed by atoms with van der Waals surface area (Å²) in [6.45, 7) is 2.30. The highest BCUT2D eigenvalue weighted by Crippen LogP contribution is 2.37. The average Bonchev–Trinajstić information content (AvgIpc) is 3.19. The number of fused-ring (bicyclic) bond motifs is 3. The van der Waals surface area contributed by atoms with E-state index in [9.17, 15) is 0 Å². The SMILES string of the molecule is CCCCCCCCCCCCCCCCCCCc1ccc2c(c1)-c1ccccc1C2. The third-order valence-corrected chi connectivity index (χ3v) is 7.43. The summed E-state index contributed by atoms with van der Waals surface area (Å²) in [6.07, 6.45) is 26.9. The summed E-state index contributed by atoms with van der Waals surface area (Å²) in [5, 5.41) is 0. The van der Waals surface area contributed by atoms with E-state index < -0.39 is 0 Å². The Labute approximate surface area is 199 Å². The normalized spacial score (nSPS) is 12.2. The molecule has 2 aromatic rings. The molecular formula is C32H48. The van der Waals surface area contributed by atoms with Crippen LogP contribution < -0.4 is 0 Å². The van der Waals surface area contributed by atoms with E-state index in [0.29, 0.717) is 0 Å². The predicted octanol–water partition coefficient (Wildman–Crippen LogP) is 10.5. The van der Waals surface area contributed by atoms with Crippen LogP contribution >= 0.6 is 0 Å². The lowest BCUT2D eigenvalue weighted by Crippen LogP contribution is -1.89. The lowest BCUT2D eigenvalue weighted by molar-refractivity contribution is 0.527. The largest absolute Gasteiger partial charge is 0.0654 e. The van der Waals surface area contributed by atoms with Crippen LogP contribution in [-0.2, 0) is 12.8 Å². The summed E-state index contributed by atoms with van der Waals surface area (Å²) in [4.78, 5) is 0. The van der Waals surface area contributed by atoms with E-state index in [4.69, 9.17) is 0 Å². The van der Waals surface area contributed by atoms with Gasteiger partial charge < -0.3 is 0 Å². The lowest BCUT2D eigenvalue weighted by Gasteiger charge is -2.06. The smallest absolute Gasteiger partial charge is 0.00135 e. The number of unbranched alkanes of at least 4 members (excludes halogenated alkanes) is 16. The lowest BCUT2D eigenvalue weighted by atomic mass is 9.99. The zero-order chi connectivity index (χ0) is 22.3. The zero-order valence-electron chi connectivity index (χ0n) is 21.0. The Kier molecular flexibility index (Phi) is 12.0. The first-order chi connectivity index (χ1) is 15.9. The number of aryl methyl sites for hydroxylation is 1. The van der Waals surface area contributed by atoms with Gasteiger partial charge in [0.2, 0.25) is 0 Å². The van der Waals surface area contributed by atoms with Gasteiger partial charge >= 0.3 is 0 Å². The van der Waals surface area contributed by atoms with Gasteiger partial charge in [0.1, 0.15) is 0 Å². The second-order valence-electron chi connectivity index (χ2n) is 10.2.